The van der Waals surface area contributed by atoms with Gasteiger partial charge in [-0.3, -0.25) is 14.9 Å². The number of benzene rings is 1. The molecule has 0 aromatic heterocycles. The largest absolute Gasteiger partial charge is 0.346 e. The van der Waals surface area contributed by atoms with Gasteiger partial charge in [0.2, 0.25) is 0 Å². The predicted molar refractivity (Wildman–Crippen MR) is 72.0 cm³/mol. The average molecular weight is 260 g/mol. The zero-order chi connectivity index (χ0) is 13.8. The maximum Gasteiger partial charge on any atom is 0.269 e. The first-order valence-electron chi connectivity index (χ1n) is 6.31. The zero-order valence-electron chi connectivity index (χ0n) is 10.6. The minimum atomic E-state index is -0.481. The summed E-state index contributed by atoms with van der Waals surface area (Å²) in [5, 5.41) is 13.5. The Morgan fingerprint density at radius 3 is 2.58 bits per heavy atom. The molecule has 0 radical (unpaired) electrons. The Bertz CT molecular complexity index is 508. The monoisotopic (exact) mass is 260 g/mol. The van der Waals surface area contributed by atoms with Crippen molar-refractivity contribution in [1.29, 1.82) is 0 Å². The molecule has 0 saturated heterocycles. The number of nitrogens with one attached hydrogen (secondary N) is 1. The van der Waals surface area contributed by atoms with Crippen LogP contribution in [0.3, 0.4) is 0 Å². The van der Waals surface area contributed by atoms with Gasteiger partial charge in [-0.05, 0) is 31.4 Å². The third-order valence-electron chi connectivity index (χ3n) is 3.38. The number of nitro groups is 1. The molecule has 0 aliphatic heterocycles. The molecule has 0 bridgehead atoms. The summed E-state index contributed by atoms with van der Waals surface area (Å²) in [6.45, 7) is 3.98. The van der Waals surface area contributed by atoms with Gasteiger partial charge in [0.15, 0.2) is 0 Å². The molecule has 1 saturated carbocycles. The number of rotatable bonds is 3. The van der Waals surface area contributed by atoms with Gasteiger partial charge < -0.3 is 5.32 Å². The minimum Gasteiger partial charge on any atom is -0.346 e. The molecule has 1 amide bonds. The van der Waals surface area contributed by atoms with Crippen LogP contribution in [0.5, 0.6) is 0 Å². The smallest absolute Gasteiger partial charge is 0.269 e. The molecular formula is C14H16N2O3. The minimum absolute atomic E-state index is 0.0152. The van der Waals surface area contributed by atoms with Crippen LogP contribution in [0.4, 0.5) is 5.69 Å². The van der Waals surface area contributed by atoms with Gasteiger partial charge in [0, 0.05) is 17.7 Å². The molecule has 5 nitrogen and oxygen atoms in total. The number of non-ortho nitro benzene ring substituents is 1. The van der Waals surface area contributed by atoms with Crippen molar-refractivity contribution in [3.05, 3.63) is 52.1 Å². The Morgan fingerprint density at radius 1 is 1.32 bits per heavy atom. The molecule has 1 fully saturated rings. The summed E-state index contributed by atoms with van der Waals surface area (Å²) in [5.74, 6) is -0.206. The Hall–Kier alpha value is -2.17. The number of hydrogen-bond donors (Lipinski definition) is 1. The summed E-state index contributed by atoms with van der Waals surface area (Å²) < 4.78 is 0. The van der Waals surface area contributed by atoms with Crippen molar-refractivity contribution in [2.75, 3.05) is 0 Å². The third-order valence-corrected chi connectivity index (χ3v) is 3.38. The molecule has 2 rings (SSSR count). The summed E-state index contributed by atoms with van der Waals surface area (Å²) in [5.41, 5.74) is 1.48. The van der Waals surface area contributed by atoms with Gasteiger partial charge in [-0.1, -0.05) is 18.6 Å². The van der Waals surface area contributed by atoms with E-state index >= 15 is 0 Å². The van der Waals surface area contributed by atoms with E-state index in [1.165, 1.54) is 24.3 Å². The Kier molecular flexibility index (Phi) is 3.94. The van der Waals surface area contributed by atoms with E-state index in [9.17, 15) is 14.9 Å². The molecule has 1 atom stereocenters. The van der Waals surface area contributed by atoms with Crippen molar-refractivity contribution in [1.82, 2.24) is 5.32 Å². The SMILES string of the molecule is C=C1CCCCC1NC(=O)c1ccc([N+](=O)[O-])cc1. The highest BCUT2D eigenvalue weighted by Crippen LogP contribution is 2.22. The van der Waals surface area contributed by atoms with Crippen molar-refractivity contribution < 1.29 is 9.72 Å². The maximum absolute atomic E-state index is 12.0. The highest BCUT2D eigenvalue weighted by molar-refractivity contribution is 5.94. The van der Waals surface area contributed by atoms with Gasteiger partial charge in [0.25, 0.3) is 11.6 Å². The quantitative estimate of drug-likeness (QED) is 0.516. The standard InChI is InChI=1S/C14H16N2O3/c1-10-4-2-3-5-13(10)15-14(17)11-6-8-12(9-7-11)16(18)19/h6-9,13H,1-5H2,(H,15,17). The van der Waals surface area contributed by atoms with Crippen molar-refractivity contribution in [3.63, 3.8) is 0 Å². The molecule has 19 heavy (non-hydrogen) atoms. The molecule has 1 aliphatic carbocycles. The molecule has 1 aliphatic rings. The molecule has 1 aromatic carbocycles. The van der Waals surface area contributed by atoms with E-state index in [4.69, 9.17) is 0 Å². The van der Waals surface area contributed by atoms with Crippen LogP contribution in [0.2, 0.25) is 0 Å². The Labute approximate surface area is 111 Å². The average Bonchev–Trinajstić information content (AvgIpc) is 2.41. The summed E-state index contributed by atoms with van der Waals surface area (Å²) in [4.78, 5) is 22.1. The Morgan fingerprint density at radius 2 is 2.00 bits per heavy atom. The van der Waals surface area contributed by atoms with Crippen LogP contribution in [0.1, 0.15) is 36.0 Å². The first-order chi connectivity index (χ1) is 9.08. The van der Waals surface area contributed by atoms with E-state index < -0.39 is 4.92 Å². The first-order valence-corrected chi connectivity index (χ1v) is 6.31. The summed E-state index contributed by atoms with van der Waals surface area (Å²) >= 11 is 0. The van der Waals surface area contributed by atoms with Crippen LogP contribution in [-0.4, -0.2) is 16.9 Å². The lowest BCUT2D eigenvalue weighted by atomic mass is 9.91. The number of amides is 1. The number of hydrogen-bond acceptors (Lipinski definition) is 3. The van der Waals surface area contributed by atoms with Crippen molar-refractivity contribution in [2.45, 2.75) is 31.7 Å². The predicted octanol–water partition coefficient (Wildman–Crippen LogP) is 2.82. The summed E-state index contributed by atoms with van der Waals surface area (Å²) in [6.07, 6.45) is 4.08. The fourth-order valence-corrected chi connectivity index (χ4v) is 2.23. The maximum atomic E-state index is 12.0. The van der Waals surface area contributed by atoms with Crippen LogP contribution in [0.25, 0.3) is 0 Å². The second kappa shape index (κ2) is 5.65. The molecule has 0 heterocycles. The lowest BCUT2D eigenvalue weighted by Gasteiger charge is -2.25. The van der Waals surface area contributed by atoms with Crippen LogP contribution < -0.4 is 5.32 Å². The van der Waals surface area contributed by atoms with E-state index in [1.54, 1.807) is 0 Å². The second-order valence-electron chi connectivity index (χ2n) is 4.73. The molecule has 1 unspecified atom stereocenters. The van der Waals surface area contributed by atoms with Crippen LogP contribution in [0.15, 0.2) is 36.4 Å². The second-order valence-corrected chi connectivity index (χ2v) is 4.73. The van der Waals surface area contributed by atoms with Gasteiger partial charge >= 0.3 is 0 Å². The topological polar surface area (TPSA) is 72.2 Å². The van der Waals surface area contributed by atoms with Crippen LogP contribution in [-0.2, 0) is 0 Å². The fraction of sp³-hybridized carbons (Fsp3) is 0.357. The number of nitrogens with zero attached hydrogens (tertiary/aromatic N) is 1. The van der Waals surface area contributed by atoms with E-state index in [2.05, 4.69) is 11.9 Å². The highest BCUT2D eigenvalue weighted by Gasteiger charge is 2.20. The lowest BCUT2D eigenvalue weighted by molar-refractivity contribution is -0.384. The van der Waals surface area contributed by atoms with E-state index in [-0.39, 0.29) is 17.6 Å². The van der Waals surface area contributed by atoms with E-state index in [0.29, 0.717) is 5.56 Å². The van der Waals surface area contributed by atoms with Crippen molar-refractivity contribution in [3.8, 4) is 0 Å². The Balaban J connectivity index is 2.03. The summed E-state index contributed by atoms with van der Waals surface area (Å²) in [6, 6.07) is 5.64. The first kappa shape index (κ1) is 13.3. The van der Waals surface area contributed by atoms with Gasteiger partial charge in [0.1, 0.15) is 0 Å². The molecule has 0 spiro atoms. The van der Waals surface area contributed by atoms with Gasteiger partial charge in [-0.15, -0.1) is 0 Å². The van der Waals surface area contributed by atoms with Gasteiger partial charge in [-0.25, -0.2) is 0 Å². The zero-order valence-corrected chi connectivity index (χ0v) is 10.6. The number of carbonyl (C=O) groups is 1. The normalized spacial score (nSPS) is 18.9. The number of nitro benzene ring substituents is 1. The van der Waals surface area contributed by atoms with Gasteiger partial charge in [0.05, 0.1) is 11.0 Å². The molecule has 1 N–H and O–H groups in total. The van der Waals surface area contributed by atoms with E-state index in [1.807, 2.05) is 0 Å². The molecular weight excluding hydrogens is 244 g/mol. The lowest BCUT2D eigenvalue weighted by Crippen LogP contribution is -2.37. The third kappa shape index (κ3) is 3.19. The van der Waals surface area contributed by atoms with E-state index in [0.717, 1.165) is 31.3 Å². The number of carbonyl (C=O) groups excluding carboxylic acids is 1. The molecule has 1 aromatic rings. The molecule has 100 valence electrons. The van der Waals surface area contributed by atoms with Crippen molar-refractivity contribution in [2.24, 2.45) is 0 Å². The summed E-state index contributed by atoms with van der Waals surface area (Å²) in [7, 11) is 0. The fourth-order valence-electron chi connectivity index (χ4n) is 2.23. The van der Waals surface area contributed by atoms with Crippen molar-refractivity contribution >= 4 is 11.6 Å². The highest BCUT2D eigenvalue weighted by atomic mass is 16.6. The van der Waals surface area contributed by atoms with Crippen LogP contribution >= 0.6 is 0 Å². The van der Waals surface area contributed by atoms with Gasteiger partial charge in [-0.2, -0.15) is 0 Å². The molecule has 5 heteroatoms. The van der Waals surface area contributed by atoms with Crippen LogP contribution in [0, 0.1) is 10.1 Å².